The van der Waals surface area contributed by atoms with Gasteiger partial charge in [-0.3, -0.25) is 0 Å². The van der Waals surface area contributed by atoms with Crippen molar-refractivity contribution >= 4 is 5.65 Å². The van der Waals surface area contributed by atoms with E-state index in [0.717, 1.165) is 0 Å². The normalized spacial score (nSPS) is 10.4. The van der Waals surface area contributed by atoms with Crippen molar-refractivity contribution in [2.45, 2.75) is 0 Å². The highest BCUT2D eigenvalue weighted by Gasteiger charge is 1.99. The molecule has 0 aliphatic heterocycles. The van der Waals surface area contributed by atoms with Gasteiger partial charge >= 0.3 is 5.69 Å². The molecule has 0 spiro atoms. The van der Waals surface area contributed by atoms with Crippen molar-refractivity contribution in [1.29, 1.82) is 0 Å². The van der Waals surface area contributed by atoms with Gasteiger partial charge in [0.05, 0.1) is 0 Å². The predicted octanol–water partition coefficient (Wildman–Crippen LogP) is -1.16. The van der Waals surface area contributed by atoms with E-state index in [1.807, 2.05) is 0 Å². The summed E-state index contributed by atoms with van der Waals surface area (Å²) in [6.07, 6.45) is 3.13. The Morgan fingerprint density at radius 2 is 2.50 bits per heavy atom. The van der Waals surface area contributed by atoms with Gasteiger partial charge in [0.1, 0.15) is 6.20 Å². The largest absolute Gasteiger partial charge is 0.407 e. The van der Waals surface area contributed by atoms with Crippen LogP contribution >= 0.6 is 0 Å². The Morgan fingerprint density at radius 3 is 3.30 bits per heavy atom. The van der Waals surface area contributed by atoms with E-state index in [-0.39, 0.29) is 5.69 Å². The first kappa shape index (κ1) is 5.16. The van der Waals surface area contributed by atoms with Gasteiger partial charge in [0.25, 0.3) is 5.65 Å². The molecule has 0 fully saturated rings. The Bertz CT molecular complexity index is 365. The fraction of sp³-hybridized carbons (Fsp3) is 0. The van der Waals surface area contributed by atoms with Gasteiger partial charge in [0.15, 0.2) is 0 Å². The van der Waals surface area contributed by atoms with Gasteiger partial charge < -0.3 is 0 Å². The summed E-state index contributed by atoms with van der Waals surface area (Å²) < 4.78 is 1.52. The van der Waals surface area contributed by atoms with E-state index in [9.17, 15) is 4.79 Å². The van der Waals surface area contributed by atoms with Crippen LogP contribution in [0.4, 0.5) is 0 Å². The molecule has 2 N–H and O–H groups in total. The van der Waals surface area contributed by atoms with Crippen molar-refractivity contribution in [3.8, 4) is 0 Å². The lowest BCUT2D eigenvalue weighted by molar-refractivity contribution is -0.582. The van der Waals surface area contributed by atoms with E-state index in [0.29, 0.717) is 5.65 Å². The summed E-state index contributed by atoms with van der Waals surface area (Å²) in [5, 5.41) is 2.50. The smallest absolute Gasteiger partial charge is 0.226 e. The predicted molar refractivity (Wildman–Crippen MR) is 32.4 cm³/mol. The van der Waals surface area contributed by atoms with Crippen molar-refractivity contribution in [2.24, 2.45) is 0 Å². The third-order valence-corrected chi connectivity index (χ3v) is 1.22. The van der Waals surface area contributed by atoms with Crippen LogP contribution in [0.25, 0.3) is 5.65 Å². The molecule has 2 heterocycles. The minimum Gasteiger partial charge on any atom is -0.226 e. The molecule has 10 heavy (non-hydrogen) atoms. The molecule has 2 rings (SSSR count). The van der Waals surface area contributed by atoms with E-state index in [2.05, 4.69) is 15.1 Å². The van der Waals surface area contributed by atoms with Crippen LogP contribution in [0, 0.1) is 0 Å². The van der Waals surface area contributed by atoms with E-state index in [1.54, 1.807) is 12.3 Å². The second kappa shape index (κ2) is 1.66. The lowest BCUT2D eigenvalue weighted by Crippen LogP contribution is -2.25. The molecule has 50 valence electrons. The highest BCUT2D eigenvalue weighted by atomic mass is 16.1. The summed E-state index contributed by atoms with van der Waals surface area (Å²) in [6, 6.07) is 1.71. The molecule has 0 aliphatic carbocycles. The van der Waals surface area contributed by atoms with Crippen LogP contribution in [-0.2, 0) is 0 Å². The van der Waals surface area contributed by atoms with Gasteiger partial charge in [-0.15, -0.1) is 9.50 Å². The quantitative estimate of drug-likeness (QED) is 0.449. The Kier molecular flexibility index (Phi) is 0.858. The minimum absolute atomic E-state index is 0.229. The van der Waals surface area contributed by atoms with Crippen LogP contribution in [0.3, 0.4) is 0 Å². The second-order valence-electron chi connectivity index (χ2n) is 1.90. The first-order valence-corrected chi connectivity index (χ1v) is 2.80. The van der Waals surface area contributed by atoms with Crippen LogP contribution < -0.4 is 10.2 Å². The molecule has 0 atom stereocenters. The second-order valence-corrected chi connectivity index (χ2v) is 1.90. The zero-order chi connectivity index (χ0) is 6.97. The summed E-state index contributed by atoms with van der Waals surface area (Å²) >= 11 is 0. The molecule has 0 saturated carbocycles. The highest BCUT2D eigenvalue weighted by molar-refractivity contribution is 5.23. The summed E-state index contributed by atoms with van der Waals surface area (Å²) in [5.41, 5.74) is 0.480. The van der Waals surface area contributed by atoms with Gasteiger partial charge in [-0.2, -0.15) is 5.10 Å². The maximum atomic E-state index is 10.6. The average Bonchev–Trinajstić information content (AvgIpc) is 2.27. The van der Waals surface area contributed by atoms with Crippen LogP contribution in [0.2, 0.25) is 0 Å². The molecule has 2 aromatic rings. The topological polar surface area (TPSA) is 65.6 Å². The summed E-state index contributed by atoms with van der Waals surface area (Å²) in [6.45, 7) is 0. The third kappa shape index (κ3) is 0.604. The first-order valence-electron chi connectivity index (χ1n) is 2.80. The lowest BCUT2D eigenvalue weighted by atomic mass is 10.6. The number of aromatic amines is 2. The van der Waals surface area contributed by atoms with Gasteiger partial charge in [-0.1, -0.05) is 0 Å². The van der Waals surface area contributed by atoms with Crippen LogP contribution in [0.15, 0.2) is 23.4 Å². The number of aromatic nitrogens is 4. The molecule has 0 radical (unpaired) electrons. The molecular weight excluding hydrogens is 132 g/mol. The minimum atomic E-state index is -0.229. The molecule has 0 saturated heterocycles. The molecule has 2 aromatic heterocycles. The van der Waals surface area contributed by atoms with E-state index in [1.165, 1.54) is 10.8 Å². The van der Waals surface area contributed by atoms with Gasteiger partial charge in [-0.05, 0) is 0 Å². The fourth-order valence-corrected chi connectivity index (χ4v) is 0.806. The summed E-state index contributed by atoms with van der Waals surface area (Å²) in [5.74, 6) is 0. The maximum Gasteiger partial charge on any atom is 0.407 e. The van der Waals surface area contributed by atoms with Crippen LogP contribution in [0.1, 0.15) is 0 Å². The SMILES string of the molecule is O=c1[nH]c2ccnc[n+]2[nH]1. The van der Waals surface area contributed by atoms with Crippen molar-refractivity contribution in [3.05, 3.63) is 29.1 Å². The van der Waals surface area contributed by atoms with Crippen molar-refractivity contribution in [2.75, 3.05) is 0 Å². The van der Waals surface area contributed by atoms with Crippen molar-refractivity contribution in [3.63, 3.8) is 0 Å². The van der Waals surface area contributed by atoms with Gasteiger partial charge in [-0.25, -0.2) is 9.78 Å². The zero-order valence-electron chi connectivity index (χ0n) is 5.03. The standard InChI is InChI=1S/C5H4N4O/c10-5-7-4-1-2-6-3-9(4)8-5/h1-3H,(H,8,10)/p+1. The molecule has 0 unspecified atom stereocenters. The molecule has 0 aliphatic rings. The molecule has 5 nitrogen and oxygen atoms in total. The number of nitrogens with zero attached hydrogens (tertiary/aromatic N) is 2. The van der Waals surface area contributed by atoms with E-state index < -0.39 is 0 Å². The number of fused-ring (bicyclic) bond motifs is 1. The monoisotopic (exact) mass is 137 g/mol. The van der Waals surface area contributed by atoms with Crippen LogP contribution in [-0.4, -0.2) is 15.1 Å². The van der Waals surface area contributed by atoms with Gasteiger partial charge in [0, 0.05) is 6.07 Å². The Morgan fingerprint density at radius 1 is 1.60 bits per heavy atom. The number of H-pyrrole nitrogens is 2. The molecule has 0 aromatic carbocycles. The van der Waals surface area contributed by atoms with Gasteiger partial charge in [0.2, 0.25) is 6.33 Å². The van der Waals surface area contributed by atoms with Crippen LogP contribution in [0.5, 0.6) is 0 Å². The number of hydrogen-bond acceptors (Lipinski definition) is 2. The Balaban J connectivity index is 3.01. The Labute approximate surface area is 55.3 Å². The fourth-order valence-electron chi connectivity index (χ4n) is 0.806. The maximum absolute atomic E-state index is 10.6. The number of hydrogen-bond donors (Lipinski definition) is 2. The summed E-state index contributed by atoms with van der Waals surface area (Å²) in [4.78, 5) is 17.0. The molecule has 0 amide bonds. The Hall–Kier alpha value is -1.65. The van der Waals surface area contributed by atoms with Crippen molar-refractivity contribution in [1.82, 2.24) is 15.1 Å². The number of rotatable bonds is 0. The van der Waals surface area contributed by atoms with E-state index >= 15 is 0 Å². The average molecular weight is 137 g/mol. The first-order chi connectivity index (χ1) is 4.86. The third-order valence-electron chi connectivity index (χ3n) is 1.22. The summed E-state index contributed by atoms with van der Waals surface area (Å²) in [7, 11) is 0. The van der Waals surface area contributed by atoms with E-state index in [4.69, 9.17) is 0 Å². The zero-order valence-corrected chi connectivity index (χ0v) is 5.03. The highest BCUT2D eigenvalue weighted by Crippen LogP contribution is 1.78. The molecular formula is C5H5N4O+. The number of nitrogens with one attached hydrogen (secondary N) is 2. The lowest BCUT2D eigenvalue weighted by Gasteiger charge is -1.76. The molecule has 0 bridgehead atoms. The van der Waals surface area contributed by atoms with Crippen molar-refractivity contribution < 1.29 is 4.52 Å². The molecule has 5 heteroatoms.